The van der Waals surface area contributed by atoms with Crippen LogP contribution in [0.5, 0.6) is 5.75 Å². The fraction of sp³-hybridized carbons (Fsp3) is 0.467. The second-order valence-electron chi connectivity index (χ2n) is 5.07. The highest BCUT2D eigenvalue weighted by Crippen LogP contribution is 2.19. The molecule has 2 rings (SSSR count). The van der Waals surface area contributed by atoms with Crippen LogP contribution in [0.4, 0.5) is 0 Å². The van der Waals surface area contributed by atoms with Crippen LogP contribution in [-0.2, 0) is 16.0 Å². The lowest BCUT2D eigenvalue weighted by Gasteiger charge is -2.14. The zero-order valence-electron chi connectivity index (χ0n) is 11.3. The first kappa shape index (κ1) is 13.6. The minimum atomic E-state index is -0.501. The summed E-state index contributed by atoms with van der Waals surface area (Å²) in [6.45, 7) is 3.30. The van der Waals surface area contributed by atoms with Gasteiger partial charge in [-0.1, -0.05) is 12.1 Å². The van der Waals surface area contributed by atoms with Gasteiger partial charge in [-0.3, -0.25) is 9.59 Å². The number of benzene rings is 1. The van der Waals surface area contributed by atoms with Crippen LogP contribution in [0.25, 0.3) is 0 Å². The Morgan fingerprint density at radius 1 is 1.32 bits per heavy atom. The molecule has 1 aliphatic carbocycles. The number of Topliss-reactive ketones (excluding diaryl/α,β-unsaturated/α-hetero) is 1. The van der Waals surface area contributed by atoms with Gasteiger partial charge in [-0.15, -0.1) is 0 Å². The third-order valence-corrected chi connectivity index (χ3v) is 2.98. The molecular weight excluding hydrogens is 242 g/mol. The molecule has 0 bridgehead atoms. The normalized spacial score (nSPS) is 15.7. The molecule has 0 saturated heterocycles. The number of nitrogens with one attached hydrogen (secondary N) is 1. The maximum Gasteiger partial charge on any atom is 0.260 e. The van der Waals surface area contributed by atoms with Crippen molar-refractivity contribution in [2.45, 2.75) is 45.3 Å². The second kappa shape index (κ2) is 5.87. The van der Waals surface area contributed by atoms with Crippen molar-refractivity contribution in [3.63, 3.8) is 0 Å². The minimum absolute atomic E-state index is 0.0738. The second-order valence-corrected chi connectivity index (χ2v) is 5.07. The highest BCUT2D eigenvalue weighted by molar-refractivity contribution is 5.81. The molecule has 1 unspecified atom stereocenters. The van der Waals surface area contributed by atoms with Crippen molar-refractivity contribution >= 4 is 11.7 Å². The Morgan fingerprint density at radius 3 is 2.47 bits per heavy atom. The maximum atomic E-state index is 11.7. The number of rotatable bonds is 6. The molecule has 1 aromatic rings. The Bertz CT molecular complexity index is 463. The fourth-order valence-electron chi connectivity index (χ4n) is 1.78. The predicted molar refractivity (Wildman–Crippen MR) is 72.1 cm³/mol. The van der Waals surface area contributed by atoms with Crippen LogP contribution in [0, 0.1) is 0 Å². The van der Waals surface area contributed by atoms with Gasteiger partial charge in [-0.25, -0.2) is 0 Å². The Balaban J connectivity index is 1.87. The lowest BCUT2D eigenvalue weighted by Crippen LogP contribution is -2.37. The van der Waals surface area contributed by atoms with Gasteiger partial charge in [0.2, 0.25) is 0 Å². The first-order valence-corrected chi connectivity index (χ1v) is 6.60. The molecule has 1 aromatic carbocycles. The standard InChI is InChI=1S/C15H19NO3/c1-10(17)9-12-3-7-14(8-4-12)19-11(2)15(18)16-13-5-6-13/h3-4,7-8,11,13H,5-6,9H2,1-2H3,(H,16,18). The van der Waals surface area contributed by atoms with Crippen molar-refractivity contribution < 1.29 is 14.3 Å². The predicted octanol–water partition coefficient (Wildman–Crippen LogP) is 1.86. The highest BCUT2D eigenvalue weighted by Gasteiger charge is 2.26. The summed E-state index contributed by atoms with van der Waals surface area (Å²) in [6, 6.07) is 7.62. The van der Waals surface area contributed by atoms with E-state index in [9.17, 15) is 9.59 Å². The molecule has 0 heterocycles. The molecular formula is C15H19NO3. The molecule has 102 valence electrons. The molecule has 0 aliphatic heterocycles. The quantitative estimate of drug-likeness (QED) is 0.850. The lowest BCUT2D eigenvalue weighted by molar-refractivity contribution is -0.127. The van der Waals surface area contributed by atoms with Crippen molar-refractivity contribution in [2.24, 2.45) is 0 Å². The third kappa shape index (κ3) is 4.39. The van der Waals surface area contributed by atoms with E-state index in [1.165, 1.54) is 0 Å². The van der Waals surface area contributed by atoms with E-state index in [0.717, 1.165) is 18.4 Å². The average Bonchev–Trinajstić information content (AvgIpc) is 3.14. The summed E-state index contributed by atoms with van der Waals surface area (Å²) in [5.74, 6) is 0.701. The van der Waals surface area contributed by atoms with Crippen LogP contribution >= 0.6 is 0 Å². The highest BCUT2D eigenvalue weighted by atomic mass is 16.5. The minimum Gasteiger partial charge on any atom is -0.481 e. The number of amides is 1. The largest absolute Gasteiger partial charge is 0.481 e. The van der Waals surface area contributed by atoms with E-state index in [-0.39, 0.29) is 11.7 Å². The molecule has 4 heteroatoms. The van der Waals surface area contributed by atoms with E-state index in [1.807, 2.05) is 12.1 Å². The van der Waals surface area contributed by atoms with Crippen molar-refractivity contribution in [3.05, 3.63) is 29.8 Å². The lowest BCUT2D eigenvalue weighted by atomic mass is 10.1. The van der Waals surface area contributed by atoms with Gasteiger partial charge < -0.3 is 10.1 Å². The van der Waals surface area contributed by atoms with Gasteiger partial charge in [0.05, 0.1) is 0 Å². The Morgan fingerprint density at radius 2 is 1.95 bits per heavy atom. The maximum absolute atomic E-state index is 11.7. The van der Waals surface area contributed by atoms with Crippen molar-refractivity contribution in [1.29, 1.82) is 0 Å². The van der Waals surface area contributed by atoms with Crippen LogP contribution in [-0.4, -0.2) is 23.8 Å². The van der Waals surface area contributed by atoms with E-state index in [4.69, 9.17) is 4.74 Å². The van der Waals surface area contributed by atoms with Gasteiger partial charge in [0.15, 0.2) is 6.10 Å². The van der Waals surface area contributed by atoms with Gasteiger partial charge >= 0.3 is 0 Å². The summed E-state index contributed by atoms with van der Waals surface area (Å²) in [5, 5.41) is 2.90. The Kier molecular flexibility index (Phi) is 4.20. The summed E-state index contributed by atoms with van der Waals surface area (Å²) in [7, 11) is 0. The molecule has 0 aromatic heterocycles. The van der Waals surface area contributed by atoms with E-state index in [2.05, 4.69) is 5.32 Å². The Labute approximate surface area is 113 Å². The van der Waals surface area contributed by atoms with Crippen molar-refractivity contribution in [2.75, 3.05) is 0 Å². The summed E-state index contributed by atoms with van der Waals surface area (Å²) in [4.78, 5) is 22.7. The van der Waals surface area contributed by atoms with E-state index in [1.54, 1.807) is 26.0 Å². The first-order valence-electron chi connectivity index (χ1n) is 6.60. The van der Waals surface area contributed by atoms with Crippen molar-refractivity contribution in [1.82, 2.24) is 5.32 Å². The summed E-state index contributed by atoms with van der Waals surface area (Å²) in [5.41, 5.74) is 0.954. The van der Waals surface area contributed by atoms with Crippen LogP contribution in [0.15, 0.2) is 24.3 Å². The number of carbonyl (C=O) groups is 2. The summed E-state index contributed by atoms with van der Waals surface area (Å²) < 4.78 is 5.57. The number of hydrogen-bond donors (Lipinski definition) is 1. The molecule has 0 radical (unpaired) electrons. The van der Waals surface area contributed by atoms with Crippen LogP contribution in [0.1, 0.15) is 32.3 Å². The summed E-state index contributed by atoms with van der Waals surface area (Å²) >= 11 is 0. The van der Waals surface area contributed by atoms with E-state index >= 15 is 0 Å². The third-order valence-electron chi connectivity index (χ3n) is 2.98. The van der Waals surface area contributed by atoms with Crippen LogP contribution in [0.3, 0.4) is 0 Å². The molecule has 1 amide bonds. The molecule has 1 aliphatic rings. The number of hydrogen-bond acceptors (Lipinski definition) is 3. The van der Waals surface area contributed by atoms with E-state index in [0.29, 0.717) is 18.2 Å². The first-order chi connectivity index (χ1) is 9.04. The van der Waals surface area contributed by atoms with Gasteiger partial charge in [0.25, 0.3) is 5.91 Å². The molecule has 1 N–H and O–H groups in total. The van der Waals surface area contributed by atoms with Crippen LogP contribution < -0.4 is 10.1 Å². The zero-order valence-corrected chi connectivity index (χ0v) is 11.3. The number of ketones is 1. The Hall–Kier alpha value is -1.84. The summed E-state index contributed by atoms with van der Waals surface area (Å²) in [6.07, 6.45) is 2.06. The van der Waals surface area contributed by atoms with E-state index < -0.39 is 6.10 Å². The molecule has 19 heavy (non-hydrogen) atoms. The van der Waals surface area contributed by atoms with Crippen molar-refractivity contribution in [3.8, 4) is 5.75 Å². The smallest absolute Gasteiger partial charge is 0.260 e. The molecule has 0 spiro atoms. The average molecular weight is 261 g/mol. The molecule has 1 saturated carbocycles. The molecule has 4 nitrogen and oxygen atoms in total. The monoisotopic (exact) mass is 261 g/mol. The number of carbonyl (C=O) groups excluding carboxylic acids is 2. The topological polar surface area (TPSA) is 55.4 Å². The van der Waals surface area contributed by atoms with Gasteiger partial charge in [-0.2, -0.15) is 0 Å². The van der Waals surface area contributed by atoms with Gasteiger partial charge in [0.1, 0.15) is 11.5 Å². The molecule has 1 atom stereocenters. The fourth-order valence-corrected chi connectivity index (χ4v) is 1.78. The van der Waals surface area contributed by atoms with Gasteiger partial charge in [0, 0.05) is 12.5 Å². The van der Waals surface area contributed by atoms with Crippen LogP contribution in [0.2, 0.25) is 0 Å². The number of ether oxygens (including phenoxy) is 1. The SMILES string of the molecule is CC(=O)Cc1ccc(OC(C)C(=O)NC2CC2)cc1. The zero-order chi connectivity index (χ0) is 13.8. The molecule has 1 fully saturated rings. The van der Waals surface area contributed by atoms with Gasteiger partial charge in [-0.05, 0) is 44.4 Å².